The number of benzene rings is 1. The topological polar surface area (TPSA) is 158 Å². The highest BCUT2D eigenvalue weighted by molar-refractivity contribution is 7.94. The van der Waals surface area contributed by atoms with Crippen molar-refractivity contribution in [2.45, 2.75) is 55.6 Å². The van der Waals surface area contributed by atoms with E-state index in [0.29, 0.717) is 37.1 Å². The van der Waals surface area contributed by atoms with E-state index in [1.807, 2.05) is 0 Å². The molecule has 15 heteroatoms. The van der Waals surface area contributed by atoms with Gasteiger partial charge in [-0.2, -0.15) is 0 Å². The lowest BCUT2D eigenvalue weighted by Crippen LogP contribution is -2.41. The number of aromatic nitrogens is 1. The van der Waals surface area contributed by atoms with Crippen LogP contribution < -0.4 is 20.7 Å². The number of anilines is 2. The molecule has 1 aliphatic heterocycles. The van der Waals surface area contributed by atoms with Crippen LogP contribution in [0, 0.1) is 11.7 Å². The van der Waals surface area contributed by atoms with Crippen LogP contribution in [0.3, 0.4) is 0 Å². The van der Waals surface area contributed by atoms with Gasteiger partial charge in [-0.1, -0.05) is 36.7 Å². The van der Waals surface area contributed by atoms with E-state index in [0.717, 1.165) is 84.8 Å². The van der Waals surface area contributed by atoms with Crippen LogP contribution in [-0.4, -0.2) is 81.1 Å². The fraction of sp³-hybridized carbons (Fsp3) is 0.552. The predicted octanol–water partition coefficient (Wildman–Crippen LogP) is 3.75. The highest BCUT2D eigenvalue weighted by Crippen LogP contribution is 2.35. The summed E-state index contributed by atoms with van der Waals surface area (Å²) in [7, 11) is -4.00. The Morgan fingerprint density at radius 2 is 1.91 bits per heavy atom. The summed E-state index contributed by atoms with van der Waals surface area (Å²) in [4.78, 5) is 31.6. The molecule has 11 nitrogen and oxygen atoms in total. The standard InChI is InChI=1S/C29H41FN6O5S3/c30-23-19-22(36(16-17-37)44(40,41)26-8-6-18-42-26)20-24-27(23)33-29(43-24)34-28(39)21-9-13-35(14-10-21)15-12-32-25(38)7-4-2-1-3-5-11-31/h6,8,18-21,37H,1-5,7,9-17,31H2,(H,32,38)(H,33,34,39). The lowest BCUT2D eigenvalue weighted by Gasteiger charge is -2.31. The number of piperidine rings is 1. The van der Waals surface area contributed by atoms with Gasteiger partial charge >= 0.3 is 0 Å². The number of thiazole rings is 1. The number of aliphatic hydroxyl groups excluding tert-OH is 1. The van der Waals surface area contributed by atoms with Crippen molar-refractivity contribution in [3.63, 3.8) is 0 Å². The van der Waals surface area contributed by atoms with Crippen LogP contribution in [0.5, 0.6) is 0 Å². The smallest absolute Gasteiger partial charge is 0.273 e. The van der Waals surface area contributed by atoms with Crippen LogP contribution in [0.25, 0.3) is 10.2 Å². The molecule has 0 atom stereocenters. The van der Waals surface area contributed by atoms with Crippen molar-refractivity contribution in [3.05, 3.63) is 35.5 Å². The van der Waals surface area contributed by atoms with Gasteiger partial charge in [0.05, 0.1) is 23.5 Å². The molecule has 0 bridgehead atoms. The molecule has 1 saturated heterocycles. The average Bonchev–Trinajstić information content (AvgIpc) is 3.69. The molecule has 4 rings (SSSR count). The van der Waals surface area contributed by atoms with Gasteiger partial charge in [0, 0.05) is 31.5 Å². The molecule has 1 fully saturated rings. The molecule has 2 amide bonds. The van der Waals surface area contributed by atoms with Crippen LogP contribution in [0.1, 0.15) is 51.4 Å². The highest BCUT2D eigenvalue weighted by atomic mass is 32.2. The Kier molecular flexibility index (Phi) is 12.9. The first-order valence-electron chi connectivity index (χ1n) is 15.0. The summed E-state index contributed by atoms with van der Waals surface area (Å²) >= 11 is 2.10. The second-order valence-corrected chi connectivity index (χ2v) is 14.9. The number of nitrogens with zero attached hydrogens (tertiary/aromatic N) is 3. The number of hydrogen-bond donors (Lipinski definition) is 4. The summed E-state index contributed by atoms with van der Waals surface area (Å²) in [6.45, 7) is 2.79. The van der Waals surface area contributed by atoms with Gasteiger partial charge in [0.1, 0.15) is 9.73 Å². The van der Waals surface area contributed by atoms with E-state index in [9.17, 15) is 23.1 Å². The maximum absolute atomic E-state index is 15.1. The summed E-state index contributed by atoms with van der Waals surface area (Å²) in [5.74, 6) is -1.06. The number of hydrogen-bond acceptors (Lipinski definition) is 10. The SMILES string of the molecule is NCCCCCCCC(=O)NCCN1CCC(C(=O)Nc2nc3c(F)cc(N(CCO)S(=O)(=O)c4cccs4)cc3s2)CC1. The second kappa shape index (κ2) is 16.6. The number of nitrogens with one attached hydrogen (secondary N) is 2. The zero-order valence-electron chi connectivity index (χ0n) is 24.7. The summed E-state index contributed by atoms with van der Waals surface area (Å²) in [6, 6.07) is 5.65. The number of unbranched alkanes of at least 4 members (excludes halogenated alkanes) is 4. The molecule has 2 aromatic heterocycles. The zero-order chi connectivity index (χ0) is 31.5. The minimum Gasteiger partial charge on any atom is -0.394 e. The van der Waals surface area contributed by atoms with Crippen LogP contribution in [0.15, 0.2) is 33.9 Å². The number of carbonyl (C=O) groups excluding carboxylic acids is 2. The van der Waals surface area contributed by atoms with E-state index < -0.39 is 22.4 Å². The number of aliphatic hydroxyl groups is 1. The third-order valence-corrected chi connectivity index (χ3v) is 11.7. The fourth-order valence-electron chi connectivity index (χ4n) is 5.20. The molecule has 5 N–H and O–H groups in total. The molecule has 242 valence electrons. The van der Waals surface area contributed by atoms with Crippen molar-refractivity contribution in [2.75, 3.05) is 55.5 Å². The number of likely N-dealkylation sites (tertiary alicyclic amines) is 1. The zero-order valence-corrected chi connectivity index (χ0v) is 27.1. The van der Waals surface area contributed by atoms with Gasteiger partial charge in [0.2, 0.25) is 11.8 Å². The molecule has 1 aliphatic rings. The first-order chi connectivity index (χ1) is 21.2. The van der Waals surface area contributed by atoms with Crippen molar-refractivity contribution < 1.29 is 27.5 Å². The van der Waals surface area contributed by atoms with Gasteiger partial charge in [0.15, 0.2) is 10.9 Å². The molecular formula is C29H41FN6O5S3. The number of rotatable bonds is 17. The molecule has 44 heavy (non-hydrogen) atoms. The lowest BCUT2D eigenvalue weighted by atomic mass is 9.96. The Labute approximate surface area is 265 Å². The fourth-order valence-corrected chi connectivity index (χ4v) is 8.66. The van der Waals surface area contributed by atoms with Crippen molar-refractivity contribution in [1.82, 2.24) is 15.2 Å². The van der Waals surface area contributed by atoms with E-state index in [-0.39, 0.29) is 44.8 Å². The third kappa shape index (κ3) is 9.17. The van der Waals surface area contributed by atoms with Gasteiger partial charge in [-0.25, -0.2) is 17.8 Å². The number of thiophene rings is 1. The van der Waals surface area contributed by atoms with E-state index in [1.165, 1.54) is 12.1 Å². The normalized spacial score (nSPS) is 14.6. The molecular weight excluding hydrogens is 628 g/mol. The lowest BCUT2D eigenvalue weighted by molar-refractivity contribution is -0.121. The van der Waals surface area contributed by atoms with E-state index in [4.69, 9.17) is 5.73 Å². The second-order valence-electron chi connectivity index (χ2n) is 10.8. The summed E-state index contributed by atoms with van der Waals surface area (Å²) in [6.07, 6.45) is 7.03. The number of carbonyl (C=O) groups is 2. The van der Waals surface area contributed by atoms with E-state index in [2.05, 4.69) is 20.5 Å². The minimum atomic E-state index is -4.00. The Balaban J connectivity index is 1.26. The highest BCUT2D eigenvalue weighted by Gasteiger charge is 2.28. The Morgan fingerprint density at radius 3 is 2.61 bits per heavy atom. The van der Waals surface area contributed by atoms with Gasteiger partial charge in [-0.05, 0) is 62.8 Å². The quantitative estimate of drug-likeness (QED) is 0.159. The first kappa shape index (κ1) is 34.2. The third-order valence-electron chi connectivity index (χ3n) is 7.61. The summed E-state index contributed by atoms with van der Waals surface area (Å²) in [5, 5.41) is 17.2. The van der Waals surface area contributed by atoms with Crippen molar-refractivity contribution in [2.24, 2.45) is 11.7 Å². The van der Waals surface area contributed by atoms with Gasteiger partial charge < -0.3 is 26.4 Å². The molecule has 0 radical (unpaired) electrons. The number of fused-ring (bicyclic) bond motifs is 1. The van der Waals surface area contributed by atoms with Crippen LogP contribution in [0.4, 0.5) is 15.2 Å². The number of amides is 2. The predicted molar refractivity (Wildman–Crippen MR) is 173 cm³/mol. The molecule has 0 spiro atoms. The summed E-state index contributed by atoms with van der Waals surface area (Å²) in [5.41, 5.74) is 5.60. The van der Waals surface area contributed by atoms with E-state index >= 15 is 4.39 Å². The first-order valence-corrected chi connectivity index (χ1v) is 18.1. The van der Waals surface area contributed by atoms with Gasteiger partial charge in [-0.3, -0.25) is 13.9 Å². The molecule has 0 unspecified atom stereocenters. The van der Waals surface area contributed by atoms with Crippen molar-refractivity contribution in [3.8, 4) is 0 Å². The Morgan fingerprint density at radius 1 is 1.16 bits per heavy atom. The molecule has 3 aromatic rings. The minimum absolute atomic E-state index is 0.0370. The maximum atomic E-state index is 15.1. The monoisotopic (exact) mass is 668 g/mol. The molecule has 1 aromatic carbocycles. The Bertz CT molecular complexity index is 1480. The van der Waals surface area contributed by atoms with Gasteiger partial charge in [0.25, 0.3) is 10.0 Å². The van der Waals surface area contributed by atoms with Crippen molar-refractivity contribution in [1.29, 1.82) is 0 Å². The van der Waals surface area contributed by atoms with Crippen molar-refractivity contribution >= 4 is 65.5 Å². The van der Waals surface area contributed by atoms with Crippen LogP contribution in [0.2, 0.25) is 0 Å². The number of halogens is 1. The maximum Gasteiger partial charge on any atom is 0.273 e. The Hall–Kier alpha value is -2.69. The number of nitrogens with two attached hydrogens (primary N) is 1. The molecule has 3 heterocycles. The van der Waals surface area contributed by atoms with Crippen LogP contribution >= 0.6 is 22.7 Å². The largest absolute Gasteiger partial charge is 0.394 e. The average molecular weight is 669 g/mol. The van der Waals surface area contributed by atoms with E-state index in [1.54, 1.807) is 11.4 Å². The van der Waals surface area contributed by atoms with Gasteiger partial charge in [-0.15, -0.1) is 11.3 Å². The molecule has 0 saturated carbocycles. The summed E-state index contributed by atoms with van der Waals surface area (Å²) < 4.78 is 42.9. The van der Waals surface area contributed by atoms with Crippen LogP contribution in [-0.2, 0) is 19.6 Å². The number of sulfonamides is 1. The molecule has 0 aliphatic carbocycles.